The van der Waals surface area contributed by atoms with E-state index in [2.05, 4.69) is 20.3 Å². The van der Waals surface area contributed by atoms with Crippen LogP contribution in [0.5, 0.6) is 5.75 Å². The topological polar surface area (TPSA) is 228 Å². The normalized spacial score (nSPS) is 17.5. The third-order valence-electron chi connectivity index (χ3n) is 11.8. The molecule has 5 atom stereocenters. The van der Waals surface area contributed by atoms with Crippen molar-refractivity contribution in [3.05, 3.63) is 226 Å². The molecule has 1 N–H and O–H groups in total. The van der Waals surface area contributed by atoms with Crippen molar-refractivity contribution in [2.24, 2.45) is 0 Å². The number of nitro benzene ring substituents is 1. The van der Waals surface area contributed by atoms with Crippen molar-refractivity contribution >= 4 is 42.4 Å². The lowest BCUT2D eigenvalue weighted by Crippen LogP contribution is -2.42. The van der Waals surface area contributed by atoms with Gasteiger partial charge in [-0.3, -0.25) is 24.0 Å². The Kier molecular flexibility index (Phi) is 14.5. The Labute approximate surface area is 406 Å². The van der Waals surface area contributed by atoms with Gasteiger partial charge in [-0.2, -0.15) is 0 Å². The van der Waals surface area contributed by atoms with Gasteiger partial charge in [0.2, 0.25) is 0 Å². The van der Waals surface area contributed by atoms with E-state index in [1.54, 1.807) is 67.8 Å². The average molecular weight is 976 g/mol. The summed E-state index contributed by atoms with van der Waals surface area (Å²) in [6.07, 6.45) is -3.43. The Balaban J connectivity index is 1.12. The zero-order valence-corrected chi connectivity index (χ0v) is 38.7. The van der Waals surface area contributed by atoms with E-state index < -0.39 is 61.4 Å². The Bertz CT molecular complexity index is 3110. The second-order valence-electron chi connectivity index (χ2n) is 16.1. The van der Waals surface area contributed by atoms with Gasteiger partial charge < -0.3 is 38.2 Å². The quantitative estimate of drug-likeness (QED) is 0.0264. The summed E-state index contributed by atoms with van der Waals surface area (Å²) < 4.78 is 52.7. The van der Waals surface area contributed by atoms with E-state index in [0.717, 1.165) is 11.1 Å². The first-order chi connectivity index (χ1) is 34.5. The molecule has 0 aliphatic carbocycles. The fourth-order valence-corrected chi connectivity index (χ4v) is 9.25. The first-order valence-corrected chi connectivity index (χ1v) is 23.7. The zero-order chi connectivity index (χ0) is 49.4. The lowest BCUT2D eigenvalue weighted by Gasteiger charge is -2.37. The first-order valence-electron chi connectivity index (χ1n) is 22.3. The fraction of sp³-hybridized carbons (Fsp3) is 0.173. The molecule has 19 heteroatoms. The molecule has 1 saturated heterocycles. The van der Waals surface area contributed by atoms with E-state index in [1.807, 2.05) is 84.9 Å². The molecule has 9 rings (SSSR count). The monoisotopic (exact) mass is 975 g/mol. The summed E-state index contributed by atoms with van der Waals surface area (Å²) in [5, 5.41) is 14.0. The van der Waals surface area contributed by atoms with Crippen LogP contribution in [0.2, 0.25) is 0 Å². The highest BCUT2D eigenvalue weighted by molar-refractivity contribution is 7.45. The van der Waals surface area contributed by atoms with Gasteiger partial charge >= 0.3 is 5.97 Å². The lowest BCUT2D eigenvalue weighted by atomic mass is 9.80. The van der Waals surface area contributed by atoms with Crippen LogP contribution in [-0.4, -0.2) is 75.0 Å². The summed E-state index contributed by atoms with van der Waals surface area (Å²) >= 11 is 0. The van der Waals surface area contributed by atoms with Crippen molar-refractivity contribution in [3.63, 3.8) is 0 Å². The molecule has 71 heavy (non-hydrogen) atoms. The standard InChI is InChI=1S/C52H45N6O12P/c1-65-42-28-24-40(25-29-42)52(38-18-10-4-11-19-38,39-20-12-5-13-21-39)66-32-43-45(69-51(60)37-16-8-3-9-17-37)46(70-71(63,64)67-31-30-35-22-26-41(27-23-35)58(61)62)50(68-43)57-34-55-44-47(53-33-54-48(44)57)56-49(59)36-14-6-2-7-15-36/h2-29,33-34,43,45-46,50H,30-32H2,1H3,(H,63,64)(H,53,54,56,59)/p-1/t43-,45-,46-,50-/m1/s1. The lowest BCUT2D eigenvalue weighted by molar-refractivity contribution is -0.384. The number of imidazole rings is 1. The van der Waals surface area contributed by atoms with Crippen molar-refractivity contribution < 1.29 is 52.0 Å². The van der Waals surface area contributed by atoms with E-state index in [0.29, 0.717) is 22.4 Å². The van der Waals surface area contributed by atoms with Gasteiger partial charge in [-0.25, -0.2) is 19.7 Å². The van der Waals surface area contributed by atoms with Crippen LogP contribution in [-0.2, 0) is 39.8 Å². The number of carbonyl (C=O) groups excluding carboxylic acids is 2. The minimum Gasteiger partial charge on any atom is -0.756 e. The van der Waals surface area contributed by atoms with Crippen LogP contribution in [0.3, 0.4) is 0 Å². The maximum absolute atomic E-state index is 14.2. The number of phosphoric acid groups is 1. The number of esters is 1. The van der Waals surface area contributed by atoms with Crippen molar-refractivity contribution in [1.29, 1.82) is 0 Å². The molecule has 2 aromatic heterocycles. The number of amides is 1. The highest BCUT2D eigenvalue weighted by atomic mass is 31.2. The fourth-order valence-electron chi connectivity index (χ4n) is 8.35. The molecule has 0 radical (unpaired) electrons. The van der Waals surface area contributed by atoms with Crippen LogP contribution in [0.1, 0.15) is 49.2 Å². The second kappa shape index (κ2) is 21.4. The molecule has 1 aliphatic rings. The minimum absolute atomic E-state index is 0.0358. The number of phosphoric ester groups is 1. The molecule has 1 unspecified atom stereocenters. The molecule has 0 spiro atoms. The smallest absolute Gasteiger partial charge is 0.338 e. The predicted octanol–water partition coefficient (Wildman–Crippen LogP) is 8.24. The minimum atomic E-state index is -5.35. The van der Waals surface area contributed by atoms with Crippen LogP contribution in [0.25, 0.3) is 11.2 Å². The molecule has 0 bridgehead atoms. The molecular weight excluding hydrogens is 932 g/mol. The SMILES string of the molecule is COc1ccc(C(OC[C@H]2O[C@@H](n3cnc4c(NC(=O)c5ccccc5)ncnc43)[C@H](OP(=O)([O-])OCCc3ccc([N+](=O)[O-])cc3)[C@@H]2OC(=O)c2ccccc2)(c2ccccc2)c2ccccc2)cc1. The molecule has 0 saturated carbocycles. The van der Waals surface area contributed by atoms with Crippen LogP contribution in [0.4, 0.5) is 11.5 Å². The molecule has 1 aliphatic heterocycles. The molecule has 18 nitrogen and oxygen atoms in total. The molecule has 3 heterocycles. The number of ether oxygens (including phenoxy) is 4. The summed E-state index contributed by atoms with van der Waals surface area (Å²) in [7, 11) is -3.79. The largest absolute Gasteiger partial charge is 0.756 e. The number of hydrogen-bond acceptors (Lipinski definition) is 15. The number of fused-ring (bicyclic) bond motifs is 1. The van der Waals surface area contributed by atoms with Gasteiger partial charge in [-0.05, 0) is 65.1 Å². The van der Waals surface area contributed by atoms with Crippen LogP contribution in [0, 0.1) is 10.1 Å². The van der Waals surface area contributed by atoms with Crippen LogP contribution >= 0.6 is 7.82 Å². The van der Waals surface area contributed by atoms with E-state index in [-0.39, 0.29) is 41.3 Å². The Morgan fingerprint density at radius 1 is 0.761 bits per heavy atom. The molecule has 1 fully saturated rings. The average Bonchev–Trinajstić information content (AvgIpc) is 3.98. The number of nitro groups is 1. The summed E-state index contributed by atoms with van der Waals surface area (Å²) in [6, 6.07) is 48.5. The van der Waals surface area contributed by atoms with E-state index in [1.165, 1.54) is 41.5 Å². The van der Waals surface area contributed by atoms with E-state index >= 15 is 0 Å². The van der Waals surface area contributed by atoms with Crippen LogP contribution < -0.4 is 14.9 Å². The first kappa shape index (κ1) is 48.1. The Hall–Kier alpha value is -7.96. The van der Waals surface area contributed by atoms with Gasteiger partial charge in [0.1, 0.15) is 23.8 Å². The molecule has 8 aromatic rings. The number of methoxy groups -OCH3 is 1. The summed E-state index contributed by atoms with van der Waals surface area (Å²) in [5.74, 6) is -0.646. The van der Waals surface area contributed by atoms with Gasteiger partial charge in [-0.15, -0.1) is 0 Å². The second-order valence-corrected chi connectivity index (χ2v) is 17.5. The van der Waals surface area contributed by atoms with Gasteiger partial charge in [-0.1, -0.05) is 121 Å². The maximum atomic E-state index is 14.2. The molecule has 1 amide bonds. The number of aromatic nitrogens is 4. The predicted molar refractivity (Wildman–Crippen MR) is 256 cm³/mol. The van der Waals surface area contributed by atoms with Crippen molar-refractivity contribution in [1.82, 2.24) is 19.5 Å². The van der Waals surface area contributed by atoms with Gasteiger partial charge in [0.05, 0.1) is 37.1 Å². The highest BCUT2D eigenvalue weighted by Gasteiger charge is 2.52. The number of rotatable bonds is 19. The van der Waals surface area contributed by atoms with Gasteiger partial charge in [0.25, 0.3) is 19.4 Å². The van der Waals surface area contributed by atoms with E-state index in [9.17, 15) is 29.2 Å². The number of hydrogen-bond donors (Lipinski definition) is 1. The van der Waals surface area contributed by atoms with Crippen molar-refractivity contribution in [3.8, 4) is 5.75 Å². The Morgan fingerprint density at radius 2 is 1.35 bits per heavy atom. The zero-order valence-electron chi connectivity index (χ0n) is 37.8. The molecular formula is C52H44N6O12P-. The highest BCUT2D eigenvalue weighted by Crippen LogP contribution is 2.49. The number of anilines is 1. The maximum Gasteiger partial charge on any atom is 0.338 e. The summed E-state index contributed by atoms with van der Waals surface area (Å²) in [6.45, 7) is -0.759. The van der Waals surface area contributed by atoms with Crippen molar-refractivity contribution in [2.45, 2.75) is 36.6 Å². The number of benzene rings is 6. The third kappa shape index (κ3) is 10.6. The Morgan fingerprint density at radius 3 is 1.96 bits per heavy atom. The number of non-ortho nitro benzene ring substituents is 1. The third-order valence-corrected chi connectivity index (χ3v) is 12.8. The van der Waals surface area contributed by atoms with Crippen molar-refractivity contribution in [2.75, 3.05) is 25.6 Å². The number of nitrogens with zero attached hydrogens (tertiary/aromatic N) is 5. The van der Waals surface area contributed by atoms with E-state index in [4.69, 9.17) is 28.0 Å². The van der Waals surface area contributed by atoms with Gasteiger partial charge in [0, 0.05) is 17.7 Å². The number of nitrogens with one attached hydrogen (secondary N) is 1. The van der Waals surface area contributed by atoms with Gasteiger partial charge in [0.15, 0.2) is 35.4 Å². The summed E-state index contributed by atoms with van der Waals surface area (Å²) in [4.78, 5) is 65.6. The summed E-state index contributed by atoms with van der Waals surface area (Å²) in [5.41, 5.74) is 1.94. The number of carbonyl (C=O) groups is 2. The molecule has 360 valence electrons. The van der Waals surface area contributed by atoms with Crippen LogP contribution in [0.15, 0.2) is 183 Å². The molecule has 6 aromatic carbocycles.